The Morgan fingerprint density at radius 3 is 2.47 bits per heavy atom. The monoisotopic (exact) mass is 516 g/mol. The highest BCUT2D eigenvalue weighted by molar-refractivity contribution is 9.10. The molecular weight excluding hydrogens is 500 g/mol. The largest absolute Gasteiger partial charge is 0.271 e. The quantitative estimate of drug-likeness (QED) is 0.277. The lowest BCUT2D eigenvalue weighted by Crippen LogP contribution is -2.39. The number of hydrogen-bond acceptors (Lipinski definition) is 6. The fourth-order valence-corrected chi connectivity index (χ4v) is 4.55. The Balaban J connectivity index is 1.81. The number of carbonyl (C=O) groups excluding carboxylic acids is 1. The second-order valence-electron chi connectivity index (χ2n) is 6.45. The van der Waals surface area contributed by atoms with E-state index in [9.17, 15) is 23.3 Å². The highest BCUT2D eigenvalue weighted by atomic mass is 79.9. The summed E-state index contributed by atoms with van der Waals surface area (Å²) in [5, 5.41) is 14.6. The maximum Gasteiger partial charge on any atom is 0.270 e. The first kappa shape index (κ1) is 23.1. The molecule has 0 aromatic heterocycles. The molecule has 3 aromatic carbocycles. The van der Waals surface area contributed by atoms with Gasteiger partial charge in [-0.1, -0.05) is 52.3 Å². The van der Waals surface area contributed by atoms with Crippen molar-refractivity contribution in [3.63, 3.8) is 0 Å². The van der Waals surface area contributed by atoms with Crippen molar-refractivity contribution in [3.05, 3.63) is 99.0 Å². The number of nitro groups is 1. The second kappa shape index (κ2) is 10.2. The van der Waals surface area contributed by atoms with Crippen LogP contribution in [-0.2, 0) is 14.8 Å². The van der Waals surface area contributed by atoms with Gasteiger partial charge in [-0.05, 0) is 30.3 Å². The van der Waals surface area contributed by atoms with Crippen LogP contribution >= 0.6 is 15.9 Å². The molecule has 3 aromatic rings. The summed E-state index contributed by atoms with van der Waals surface area (Å²) in [5.74, 6) is -0.689. The van der Waals surface area contributed by atoms with E-state index in [1.54, 1.807) is 48.5 Å². The maximum absolute atomic E-state index is 13.2. The first-order valence-corrected chi connectivity index (χ1v) is 11.4. The van der Waals surface area contributed by atoms with E-state index in [4.69, 9.17) is 0 Å². The van der Waals surface area contributed by atoms with Crippen LogP contribution < -0.4 is 9.73 Å². The van der Waals surface area contributed by atoms with Gasteiger partial charge in [0, 0.05) is 22.2 Å². The Bertz CT molecular complexity index is 1270. The molecule has 9 nitrogen and oxygen atoms in total. The van der Waals surface area contributed by atoms with Crippen molar-refractivity contribution in [2.75, 3.05) is 10.8 Å². The molecule has 0 aliphatic carbocycles. The van der Waals surface area contributed by atoms with E-state index in [0.717, 1.165) is 4.31 Å². The zero-order chi connectivity index (χ0) is 23.1. The fourth-order valence-electron chi connectivity index (χ4n) is 2.73. The number of rotatable bonds is 8. The molecule has 0 aliphatic rings. The zero-order valence-corrected chi connectivity index (χ0v) is 18.9. The van der Waals surface area contributed by atoms with Crippen molar-refractivity contribution in [2.24, 2.45) is 5.10 Å². The Hall–Kier alpha value is -3.57. The minimum absolute atomic E-state index is 0.0351. The molecule has 0 unspecified atom stereocenters. The van der Waals surface area contributed by atoms with Crippen LogP contribution in [0.2, 0.25) is 0 Å². The summed E-state index contributed by atoms with van der Waals surface area (Å²) in [7, 11) is -4.03. The van der Waals surface area contributed by atoms with Gasteiger partial charge in [0.25, 0.3) is 21.6 Å². The third-order valence-electron chi connectivity index (χ3n) is 4.20. The number of amides is 1. The van der Waals surface area contributed by atoms with Gasteiger partial charge in [0.05, 0.1) is 21.7 Å². The summed E-state index contributed by atoms with van der Waals surface area (Å²) in [6.07, 6.45) is 1.24. The van der Waals surface area contributed by atoms with E-state index >= 15 is 0 Å². The molecular formula is C21H17BrN4O5S. The third kappa shape index (κ3) is 5.77. The average Bonchev–Trinajstić information content (AvgIpc) is 2.78. The van der Waals surface area contributed by atoms with Gasteiger partial charge in [-0.2, -0.15) is 5.10 Å². The minimum atomic E-state index is -4.03. The molecule has 0 radical (unpaired) electrons. The SMILES string of the molecule is O=C(CN(c1cccc(Br)c1)S(=O)(=O)c1ccccc1)N/N=C\c1cccc([N+](=O)[O-])c1. The van der Waals surface area contributed by atoms with Gasteiger partial charge >= 0.3 is 0 Å². The summed E-state index contributed by atoms with van der Waals surface area (Å²) < 4.78 is 28.0. The lowest BCUT2D eigenvalue weighted by atomic mass is 10.2. The Morgan fingerprint density at radius 2 is 1.78 bits per heavy atom. The molecule has 0 bridgehead atoms. The van der Waals surface area contributed by atoms with Crippen LogP contribution in [-0.4, -0.2) is 32.0 Å². The molecule has 164 valence electrons. The number of benzene rings is 3. The number of hydrogen-bond donors (Lipinski definition) is 1. The normalized spacial score (nSPS) is 11.3. The van der Waals surface area contributed by atoms with Crippen molar-refractivity contribution in [1.29, 1.82) is 0 Å². The van der Waals surface area contributed by atoms with Gasteiger partial charge in [-0.25, -0.2) is 13.8 Å². The molecule has 1 amide bonds. The lowest BCUT2D eigenvalue weighted by Gasteiger charge is -2.23. The number of carbonyl (C=O) groups is 1. The van der Waals surface area contributed by atoms with Crippen LogP contribution in [0.5, 0.6) is 0 Å². The Labute approximate surface area is 192 Å². The van der Waals surface area contributed by atoms with Crippen molar-refractivity contribution >= 4 is 49.4 Å². The number of hydrazone groups is 1. The standard InChI is InChI=1S/C21H17BrN4O5S/c22-17-7-5-8-18(13-17)25(32(30,31)20-10-2-1-3-11-20)15-21(27)24-23-14-16-6-4-9-19(12-16)26(28)29/h1-14H,15H2,(H,24,27)/b23-14-. The molecule has 0 fully saturated rings. The topological polar surface area (TPSA) is 122 Å². The van der Waals surface area contributed by atoms with Gasteiger partial charge in [-0.3, -0.25) is 19.2 Å². The molecule has 0 atom stereocenters. The van der Waals surface area contributed by atoms with E-state index in [-0.39, 0.29) is 10.6 Å². The first-order valence-electron chi connectivity index (χ1n) is 9.17. The predicted molar refractivity (Wildman–Crippen MR) is 124 cm³/mol. The van der Waals surface area contributed by atoms with Crippen LogP contribution in [0.3, 0.4) is 0 Å². The van der Waals surface area contributed by atoms with E-state index in [1.807, 2.05) is 0 Å². The van der Waals surface area contributed by atoms with Crippen molar-refractivity contribution in [3.8, 4) is 0 Å². The number of nitrogens with zero attached hydrogens (tertiary/aromatic N) is 3. The molecule has 0 spiro atoms. The van der Waals surface area contributed by atoms with Gasteiger partial charge < -0.3 is 0 Å². The molecule has 0 heterocycles. The Morgan fingerprint density at radius 1 is 1.06 bits per heavy atom. The summed E-state index contributed by atoms with van der Waals surface area (Å²) in [6, 6.07) is 20.0. The van der Waals surface area contributed by atoms with Crippen molar-refractivity contribution in [1.82, 2.24) is 5.43 Å². The molecule has 0 saturated heterocycles. The molecule has 3 rings (SSSR count). The van der Waals surface area contributed by atoms with Gasteiger partial charge in [0.15, 0.2) is 0 Å². The molecule has 0 saturated carbocycles. The van der Waals surface area contributed by atoms with Crippen LogP contribution in [0, 0.1) is 10.1 Å². The Kier molecular flexibility index (Phi) is 7.33. The van der Waals surface area contributed by atoms with Crippen LogP contribution in [0.25, 0.3) is 0 Å². The average molecular weight is 517 g/mol. The molecule has 32 heavy (non-hydrogen) atoms. The number of nitro benzene ring substituents is 1. The molecule has 1 N–H and O–H groups in total. The molecule has 11 heteroatoms. The maximum atomic E-state index is 13.2. The number of halogens is 1. The zero-order valence-electron chi connectivity index (χ0n) is 16.5. The van der Waals surface area contributed by atoms with Crippen molar-refractivity contribution < 1.29 is 18.1 Å². The van der Waals surface area contributed by atoms with Crippen LogP contribution in [0.15, 0.2) is 93.3 Å². The highest BCUT2D eigenvalue weighted by Crippen LogP contribution is 2.26. The summed E-state index contributed by atoms with van der Waals surface area (Å²) >= 11 is 3.31. The number of sulfonamides is 1. The van der Waals surface area contributed by atoms with Gasteiger partial charge in [-0.15, -0.1) is 0 Å². The van der Waals surface area contributed by atoms with Crippen molar-refractivity contribution in [2.45, 2.75) is 4.90 Å². The highest BCUT2D eigenvalue weighted by Gasteiger charge is 2.27. The number of non-ortho nitro benzene ring substituents is 1. The third-order valence-corrected chi connectivity index (χ3v) is 6.48. The smallest absolute Gasteiger partial charge is 0.270 e. The number of nitrogens with one attached hydrogen (secondary N) is 1. The van der Waals surface area contributed by atoms with E-state index in [2.05, 4.69) is 26.5 Å². The first-order chi connectivity index (χ1) is 15.3. The lowest BCUT2D eigenvalue weighted by molar-refractivity contribution is -0.384. The summed E-state index contributed by atoms with van der Waals surface area (Å²) in [6.45, 7) is -0.528. The predicted octanol–water partition coefficient (Wildman–Crippen LogP) is 3.70. The number of anilines is 1. The van der Waals surface area contributed by atoms with E-state index in [0.29, 0.717) is 15.7 Å². The fraction of sp³-hybridized carbons (Fsp3) is 0.0476. The van der Waals surface area contributed by atoms with Gasteiger partial charge in [0.1, 0.15) is 6.54 Å². The summed E-state index contributed by atoms with van der Waals surface area (Å²) in [4.78, 5) is 22.8. The summed E-state index contributed by atoms with van der Waals surface area (Å²) in [5.41, 5.74) is 2.84. The second-order valence-corrected chi connectivity index (χ2v) is 9.23. The molecule has 0 aliphatic heterocycles. The van der Waals surface area contributed by atoms with E-state index < -0.39 is 27.4 Å². The van der Waals surface area contributed by atoms with Gasteiger partial charge in [0.2, 0.25) is 0 Å². The minimum Gasteiger partial charge on any atom is -0.271 e. The van der Waals surface area contributed by atoms with Crippen LogP contribution in [0.4, 0.5) is 11.4 Å². The van der Waals surface area contributed by atoms with E-state index in [1.165, 1.54) is 36.5 Å². The van der Waals surface area contributed by atoms with Crippen LogP contribution in [0.1, 0.15) is 5.56 Å².